The van der Waals surface area contributed by atoms with Gasteiger partial charge in [-0.1, -0.05) is 20.8 Å². The van der Waals surface area contributed by atoms with Crippen LogP contribution in [0.5, 0.6) is 0 Å². The highest BCUT2D eigenvalue weighted by molar-refractivity contribution is 7.88. The smallest absolute Gasteiger partial charge is 0.265 e. The fourth-order valence-electron chi connectivity index (χ4n) is 2.82. The lowest BCUT2D eigenvalue weighted by Crippen LogP contribution is -2.47. The molecule has 1 aliphatic rings. The van der Waals surface area contributed by atoms with Gasteiger partial charge in [0.25, 0.3) is 5.91 Å². The van der Waals surface area contributed by atoms with Gasteiger partial charge < -0.3 is 4.90 Å². The van der Waals surface area contributed by atoms with Crippen molar-refractivity contribution in [2.24, 2.45) is 0 Å². The van der Waals surface area contributed by atoms with Gasteiger partial charge in [-0.05, 0) is 12.8 Å². The number of rotatable bonds is 3. The van der Waals surface area contributed by atoms with Crippen molar-refractivity contribution in [2.45, 2.75) is 45.1 Å². The maximum absolute atomic E-state index is 12.8. The molecular weight excluding hydrogens is 334 g/mol. The molecule has 0 radical (unpaired) electrons. The molecule has 1 aliphatic heterocycles. The molecule has 0 aliphatic carbocycles. The minimum Gasteiger partial charge on any atom is -0.338 e. The molecule has 23 heavy (non-hydrogen) atoms. The highest BCUT2D eigenvalue weighted by Crippen LogP contribution is 2.29. The zero-order chi connectivity index (χ0) is 17.4. The fourth-order valence-corrected chi connectivity index (χ4v) is 4.67. The Morgan fingerprint density at radius 3 is 2.39 bits per heavy atom. The lowest BCUT2D eigenvalue weighted by atomic mass is 9.91. The van der Waals surface area contributed by atoms with Crippen molar-refractivity contribution >= 4 is 27.3 Å². The maximum Gasteiger partial charge on any atom is 0.265 e. The number of aromatic nitrogens is 1. The van der Waals surface area contributed by atoms with Crippen LogP contribution in [0.25, 0.3) is 0 Å². The van der Waals surface area contributed by atoms with Crippen LogP contribution in [0.4, 0.5) is 0 Å². The highest BCUT2D eigenvalue weighted by Gasteiger charge is 2.32. The van der Waals surface area contributed by atoms with Crippen LogP contribution >= 0.6 is 11.3 Å². The van der Waals surface area contributed by atoms with Crippen LogP contribution in [0, 0.1) is 0 Å². The van der Waals surface area contributed by atoms with Gasteiger partial charge in [0, 0.05) is 31.6 Å². The van der Waals surface area contributed by atoms with Gasteiger partial charge in [-0.3, -0.25) is 4.79 Å². The summed E-state index contributed by atoms with van der Waals surface area (Å²) >= 11 is 1.37. The molecule has 2 heterocycles. The van der Waals surface area contributed by atoms with E-state index in [1.165, 1.54) is 21.9 Å². The number of hydrogen-bond acceptors (Lipinski definition) is 5. The summed E-state index contributed by atoms with van der Waals surface area (Å²) in [7, 11) is -1.34. The molecule has 0 N–H and O–H groups in total. The SMILES string of the molecule is CN(C(=O)c1scnc1C(C)(C)C)C1CCN(S(C)(=O)=O)CC1. The molecule has 1 fully saturated rings. The van der Waals surface area contributed by atoms with E-state index in [9.17, 15) is 13.2 Å². The third-order valence-electron chi connectivity index (χ3n) is 4.23. The minimum atomic E-state index is -3.14. The fraction of sp³-hybridized carbons (Fsp3) is 0.733. The third-order valence-corrected chi connectivity index (χ3v) is 6.35. The molecule has 0 aromatic carbocycles. The Bertz CT molecular complexity index is 668. The highest BCUT2D eigenvalue weighted by atomic mass is 32.2. The topological polar surface area (TPSA) is 70.6 Å². The Morgan fingerprint density at radius 2 is 1.91 bits per heavy atom. The molecule has 8 heteroatoms. The second-order valence-electron chi connectivity index (χ2n) is 7.09. The number of thiazole rings is 1. The molecule has 1 aromatic rings. The average Bonchev–Trinajstić information content (AvgIpc) is 2.94. The van der Waals surface area contributed by atoms with Crippen molar-refractivity contribution in [3.8, 4) is 0 Å². The van der Waals surface area contributed by atoms with E-state index in [1.54, 1.807) is 17.5 Å². The Hall–Kier alpha value is -0.990. The summed E-state index contributed by atoms with van der Waals surface area (Å²) in [5.74, 6) is -0.0183. The zero-order valence-electron chi connectivity index (χ0n) is 14.4. The van der Waals surface area contributed by atoms with Crippen LogP contribution in [0.1, 0.15) is 49.0 Å². The summed E-state index contributed by atoms with van der Waals surface area (Å²) in [4.78, 5) is 19.6. The lowest BCUT2D eigenvalue weighted by Gasteiger charge is -2.35. The summed E-state index contributed by atoms with van der Waals surface area (Å²) in [6.45, 7) is 7.07. The van der Waals surface area contributed by atoms with Gasteiger partial charge in [0.2, 0.25) is 10.0 Å². The first-order valence-electron chi connectivity index (χ1n) is 7.68. The number of amides is 1. The largest absolute Gasteiger partial charge is 0.338 e. The van der Waals surface area contributed by atoms with Crippen LogP contribution in [-0.2, 0) is 15.4 Å². The van der Waals surface area contributed by atoms with Gasteiger partial charge in [-0.25, -0.2) is 17.7 Å². The van der Waals surface area contributed by atoms with Crippen LogP contribution in [0.2, 0.25) is 0 Å². The molecule has 1 saturated heterocycles. The van der Waals surface area contributed by atoms with Gasteiger partial charge in [0.15, 0.2) is 0 Å². The minimum absolute atomic E-state index is 0.0183. The summed E-state index contributed by atoms with van der Waals surface area (Å²) in [5.41, 5.74) is 2.37. The second-order valence-corrected chi connectivity index (χ2v) is 9.93. The van der Waals surface area contributed by atoms with E-state index < -0.39 is 10.0 Å². The molecule has 2 rings (SSSR count). The van der Waals surface area contributed by atoms with E-state index in [-0.39, 0.29) is 17.4 Å². The van der Waals surface area contributed by atoms with E-state index >= 15 is 0 Å². The van der Waals surface area contributed by atoms with E-state index in [2.05, 4.69) is 4.98 Å². The molecule has 1 amide bonds. The van der Waals surface area contributed by atoms with Crippen molar-refractivity contribution < 1.29 is 13.2 Å². The van der Waals surface area contributed by atoms with Crippen molar-refractivity contribution in [3.63, 3.8) is 0 Å². The predicted molar refractivity (Wildman–Crippen MR) is 92.3 cm³/mol. The molecule has 1 aromatic heterocycles. The number of carbonyl (C=O) groups is 1. The summed E-state index contributed by atoms with van der Waals surface area (Å²) < 4.78 is 24.6. The Morgan fingerprint density at radius 1 is 1.35 bits per heavy atom. The molecule has 0 saturated carbocycles. The van der Waals surface area contributed by atoms with Crippen molar-refractivity contribution in [3.05, 3.63) is 16.1 Å². The lowest BCUT2D eigenvalue weighted by molar-refractivity contribution is 0.0684. The summed E-state index contributed by atoms with van der Waals surface area (Å²) in [5, 5.41) is 0. The van der Waals surface area contributed by atoms with Crippen LogP contribution in [0.3, 0.4) is 0 Å². The molecular formula is C15H25N3O3S2. The van der Waals surface area contributed by atoms with Gasteiger partial charge in [0.05, 0.1) is 17.5 Å². The average molecular weight is 360 g/mol. The number of carbonyl (C=O) groups excluding carboxylic acids is 1. The number of nitrogens with zero attached hydrogens (tertiary/aromatic N) is 3. The normalized spacial score (nSPS) is 18.1. The first-order valence-corrected chi connectivity index (χ1v) is 10.4. The van der Waals surface area contributed by atoms with Crippen LogP contribution in [0.15, 0.2) is 5.51 Å². The van der Waals surface area contributed by atoms with Gasteiger partial charge in [-0.15, -0.1) is 11.3 Å². The number of piperidine rings is 1. The summed E-state index contributed by atoms with van der Waals surface area (Å²) in [6, 6.07) is 0.0652. The molecule has 6 nitrogen and oxygen atoms in total. The third kappa shape index (κ3) is 4.10. The second kappa shape index (κ2) is 6.49. The predicted octanol–water partition coefficient (Wildman–Crippen LogP) is 1.94. The van der Waals surface area contributed by atoms with Crippen LogP contribution in [-0.4, -0.2) is 60.9 Å². The van der Waals surface area contributed by atoms with Crippen molar-refractivity contribution in [1.82, 2.24) is 14.2 Å². The molecule has 0 spiro atoms. The van der Waals surface area contributed by atoms with Gasteiger partial charge in [0.1, 0.15) is 4.88 Å². The molecule has 0 bridgehead atoms. The van der Waals surface area contributed by atoms with Crippen molar-refractivity contribution in [1.29, 1.82) is 0 Å². The summed E-state index contributed by atoms with van der Waals surface area (Å²) in [6.07, 6.45) is 2.56. The molecule has 0 atom stereocenters. The number of hydrogen-bond donors (Lipinski definition) is 0. The molecule has 130 valence electrons. The Kier molecular flexibility index (Phi) is 5.18. The zero-order valence-corrected chi connectivity index (χ0v) is 16.0. The first-order chi connectivity index (χ1) is 10.5. The quantitative estimate of drug-likeness (QED) is 0.827. The standard InChI is InChI=1S/C15H25N3O3S2/c1-15(2,3)13-12(22-10-16-13)14(19)17(4)11-6-8-18(9-7-11)23(5,20)21/h10-11H,6-9H2,1-5H3. The van der Waals surface area contributed by atoms with E-state index in [4.69, 9.17) is 0 Å². The van der Waals surface area contributed by atoms with E-state index in [0.717, 1.165) is 5.69 Å². The van der Waals surface area contributed by atoms with E-state index in [1.807, 2.05) is 20.8 Å². The van der Waals surface area contributed by atoms with E-state index in [0.29, 0.717) is 30.8 Å². The first kappa shape index (κ1) is 18.4. The van der Waals surface area contributed by atoms with Crippen LogP contribution < -0.4 is 0 Å². The van der Waals surface area contributed by atoms with Gasteiger partial charge >= 0.3 is 0 Å². The Balaban J connectivity index is 2.09. The molecule has 0 unspecified atom stereocenters. The Labute approximate surface area is 142 Å². The van der Waals surface area contributed by atoms with Crippen molar-refractivity contribution in [2.75, 3.05) is 26.4 Å². The van der Waals surface area contributed by atoms with Gasteiger partial charge in [-0.2, -0.15) is 0 Å². The monoisotopic (exact) mass is 359 g/mol. The maximum atomic E-state index is 12.8. The number of sulfonamides is 1.